The fourth-order valence-electron chi connectivity index (χ4n) is 2.72. The molecular formula is C10H19N3O. The summed E-state index contributed by atoms with van der Waals surface area (Å²) in [6, 6.07) is 0.426. The van der Waals surface area contributed by atoms with Crippen molar-refractivity contribution in [3.8, 4) is 0 Å². The summed E-state index contributed by atoms with van der Waals surface area (Å²) in [5.74, 6) is -0.000803. The van der Waals surface area contributed by atoms with Crippen LogP contribution in [0.5, 0.6) is 0 Å². The van der Waals surface area contributed by atoms with Crippen molar-refractivity contribution in [2.75, 3.05) is 26.2 Å². The standard InChI is InChI=1S/C10H19N3O/c11-10(14)8-2-1-3-9(8)13-6-4-12-5-7-13/h8-9,12H,1-7H2,(H2,11,14)/t8-,9+/m1/s1. The van der Waals surface area contributed by atoms with Crippen molar-refractivity contribution in [1.82, 2.24) is 10.2 Å². The van der Waals surface area contributed by atoms with E-state index in [-0.39, 0.29) is 11.8 Å². The fraction of sp³-hybridized carbons (Fsp3) is 0.900. The molecule has 1 aliphatic carbocycles. The molecule has 2 atom stereocenters. The van der Waals surface area contributed by atoms with Crippen molar-refractivity contribution in [2.24, 2.45) is 11.7 Å². The molecule has 0 spiro atoms. The zero-order valence-corrected chi connectivity index (χ0v) is 8.54. The summed E-state index contributed by atoms with van der Waals surface area (Å²) in [5.41, 5.74) is 5.41. The first kappa shape index (κ1) is 9.93. The molecule has 14 heavy (non-hydrogen) atoms. The average Bonchev–Trinajstić information content (AvgIpc) is 2.67. The van der Waals surface area contributed by atoms with Crippen molar-refractivity contribution in [1.29, 1.82) is 0 Å². The number of amides is 1. The number of hydrogen-bond donors (Lipinski definition) is 2. The van der Waals surface area contributed by atoms with Crippen molar-refractivity contribution in [3.05, 3.63) is 0 Å². The van der Waals surface area contributed by atoms with Crippen molar-refractivity contribution >= 4 is 5.91 Å². The highest BCUT2D eigenvalue weighted by Gasteiger charge is 2.35. The van der Waals surface area contributed by atoms with Crippen LogP contribution in [-0.2, 0) is 4.79 Å². The predicted octanol–water partition coefficient (Wildman–Crippen LogP) is -0.454. The second kappa shape index (κ2) is 4.28. The lowest BCUT2D eigenvalue weighted by atomic mass is 10.0. The summed E-state index contributed by atoms with van der Waals surface area (Å²) < 4.78 is 0. The fourth-order valence-corrected chi connectivity index (χ4v) is 2.72. The third-order valence-corrected chi connectivity index (χ3v) is 3.47. The van der Waals surface area contributed by atoms with Gasteiger partial charge in [0.2, 0.25) is 5.91 Å². The third-order valence-electron chi connectivity index (χ3n) is 3.47. The highest BCUT2D eigenvalue weighted by atomic mass is 16.1. The number of nitrogens with one attached hydrogen (secondary N) is 1. The highest BCUT2D eigenvalue weighted by Crippen LogP contribution is 2.29. The maximum Gasteiger partial charge on any atom is 0.222 e. The molecule has 1 saturated carbocycles. The summed E-state index contributed by atoms with van der Waals surface area (Å²) in [6.07, 6.45) is 3.29. The number of carbonyl (C=O) groups excluding carboxylic acids is 1. The SMILES string of the molecule is NC(=O)[C@@H]1CCC[C@@H]1N1CCNCC1. The minimum absolute atomic E-state index is 0.105. The van der Waals surface area contributed by atoms with E-state index < -0.39 is 0 Å². The molecule has 0 aromatic rings. The van der Waals surface area contributed by atoms with Gasteiger partial charge in [-0.2, -0.15) is 0 Å². The molecule has 2 aliphatic rings. The van der Waals surface area contributed by atoms with Crippen LogP contribution in [0.3, 0.4) is 0 Å². The lowest BCUT2D eigenvalue weighted by Gasteiger charge is -2.35. The van der Waals surface area contributed by atoms with Crippen LogP contribution in [0.25, 0.3) is 0 Å². The maximum atomic E-state index is 11.2. The van der Waals surface area contributed by atoms with E-state index in [1.807, 2.05) is 0 Å². The number of carbonyl (C=O) groups is 1. The van der Waals surface area contributed by atoms with Crippen LogP contribution in [0, 0.1) is 5.92 Å². The number of hydrogen-bond acceptors (Lipinski definition) is 3. The second-order valence-corrected chi connectivity index (χ2v) is 4.29. The first-order valence-electron chi connectivity index (χ1n) is 5.53. The van der Waals surface area contributed by atoms with E-state index in [4.69, 9.17) is 5.73 Å². The molecular weight excluding hydrogens is 178 g/mol. The Morgan fingerprint density at radius 3 is 2.64 bits per heavy atom. The third kappa shape index (κ3) is 1.91. The average molecular weight is 197 g/mol. The normalized spacial score (nSPS) is 34.6. The number of piperazine rings is 1. The summed E-state index contributed by atoms with van der Waals surface area (Å²) >= 11 is 0. The number of primary amides is 1. The van der Waals surface area contributed by atoms with Gasteiger partial charge in [-0.3, -0.25) is 9.69 Å². The van der Waals surface area contributed by atoms with Gasteiger partial charge in [-0.25, -0.2) is 0 Å². The Labute approximate surface area is 84.8 Å². The van der Waals surface area contributed by atoms with Gasteiger partial charge in [-0.1, -0.05) is 6.42 Å². The monoisotopic (exact) mass is 197 g/mol. The molecule has 4 heteroatoms. The van der Waals surface area contributed by atoms with Gasteiger partial charge >= 0.3 is 0 Å². The summed E-state index contributed by atoms with van der Waals surface area (Å²) in [4.78, 5) is 13.7. The largest absolute Gasteiger partial charge is 0.369 e. The Morgan fingerprint density at radius 2 is 2.00 bits per heavy atom. The van der Waals surface area contributed by atoms with Gasteiger partial charge in [0.1, 0.15) is 0 Å². The smallest absolute Gasteiger partial charge is 0.222 e. The predicted molar refractivity (Wildman–Crippen MR) is 54.8 cm³/mol. The molecule has 80 valence electrons. The molecule has 1 aliphatic heterocycles. The quantitative estimate of drug-likeness (QED) is 0.630. The maximum absolute atomic E-state index is 11.2. The van der Waals surface area contributed by atoms with Crippen LogP contribution in [0.2, 0.25) is 0 Å². The topological polar surface area (TPSA) is 58.4 Å². The zero-order chi connectivity index (χ0) is 9.97. The van der Waals surface area contributed by atoms with Gasteiger partial charge in [0.25, 0.3) is 0 Å². The minimum atomic E-state index is -0.106. The van der Waals surface area contributed by atoms with E-state index >= 15 is 0 Å². The summed E-state index contributed by atoms with van der Waals surface area (Å²) in [7, 11) is 0. The Balaban J connectivity index is 1.97. The zero-order valence-electron chi connectivity index (χ0n) is 8.54. The molecule has 0 unspecified atom stereocenters. The van der Waals surface area contributed by atoms with Crippen LogP contribution >= 0.6 is 0 Å². The van der Waals surface area contributed by atoms with E-state index in [2.05, 4.69) is 10.2 Å². The second-order valence-electron chi connectivity index (χ2n) is 4.29. The van der Waals surface area contributed by atoms with E-state index in [0.717, 1.165) is 45.4 Å². The van der Waals surface area contributed by atoms with Crippen molar-refractivity contribution < 1.29 is 4.79 Å². The molecule has 3 N–H and O–H groups in total. The Morgan fingerprint density at radius 1 is 1.29 bits per heavy atom. The van der Waals surface area contributed by atoms with Crippen molar-refractivity contribution in [2.45, 2.75) is 25.3 Å². The Hall–Kier alpha value is -0.610. The van der Waals surface area contributed by atoms with Gasteiger partial charge in [0, 0.05) is 32.2 Å². The molecule has 2 fully saturated rings. The molecule has 1 saturated heterocycles. The Bertz CT molecular complexity index is 213. The van der Waals surface area contributed by atoms with E-state index in [1.54, 1.807) is 0 Å². The molecule has 0 aromatic carbocycles. The Kier molecular flexibility index (Phi) is 3.03. The number of nitrogens with two attached hydrogens (primary N) is 1. The summed E-state index contributed by atoms with van der Waals surface area (Å²) in [6.45, 7) is 4.22. The molecule has 0 aromatic heterocycles. The molecule has 2 rings (SSSR count). The van der Waals surface area contributed by atoms with Crippen LogP contribution in [0.15, 0.2) is 0 Å². The van der Waals surface area contributed by atoms with Crippen LogP contribution in [-0.4, -0.2) is 43.0 Å². The molecule has 0 radical (unpaired) electrons. The van der Waals surface area contributed by atoms with E-state index in [9.17, 15) is 4.79 Å². The minimum Gasteiger partial charge on any atom is -0.369 e. The van der Waals surface area contributed by atoms with Crippen LogP contribution in [0.1, 0.15) is 19.3 Å². The van der Waals surface area contributed by atoms with Gasteiger partial charge in [-0.15, -0.1) is 0 Å². The summed E-state index contributed by atoms with van der Waals surface area (Å²) in [5, 5.41) is 3.32. The molecule has 0 bridgehead atoms. The van der Waals surface area contributed by atoms with Crippen LogP contribution < -0.4 is 11.1 Å². The number of rotatable bonds is 2. The molecule has 1 amide bonds. The van der Waals surface area contributed by atoms with Crippen LogP contribution in [0.4, 0.5) is 0 Å². The van der Waals surface area contributed by atoms with E-state index in [0.29, 0.717) is 6.04 Å². The van der Waals surface area contributed by atoms with Gasteiger partial charge in [-0.05, 0) is 12.8 Å². The van der Waals surface area contributed by atoms with E-state index in [1.165, 1.54) is 0 Å². The first-order chi connectivity index (χ1) is 6.79. The first-order valence-corrected chi connectivity index (χ1v) is 5.53. The van der Waals surface area contributed by atoms with Gasteiger partial charge in [0.15, 0.2) is 0 Å². The van der Waals surface area contributed by atoms with Crippen molar-refractivity contribution in [3.63, 3.8) is 0 Å². The number of nitrogens with zero attached hydrogens (tertiary/aromatic N) is 1. The lowest BCUT2D eigenvalue weighted by Crippen LogP contribution is -2.51. The molecule has 4 nitrogen and oxygen atoms in total. The molecule has 1 heterocycles. The van der Waals surface area contributed by atoms with Gasteiger partial charge in [0.05, 0.1) is 5.92 Å². The highest BCUT2D eigenvalue weighted by molar-refractivity contribution is 5.77. The van der Waals surface area contributed by atoms with Gasteiger partial charge < -0.3 is 11.1 Å². The lowest BCUT2D eigenvalue weighted by molar-refractivity contribution is -0.123.